The fourth-order valence-corrected chi connectivity index (χ4v) is 7.35. The number of phosphoric acid groups is 1. The maximum Gasteiger partial charge on any atom is 0.530 e. The van der Waals surface area contributed by atoms with Gasteiger partial charge in [0.2, 0.25) is 5.60 Å². The lowest BCUT2D eigenvalue weighted by molar-refractivity contribution is -0.173. The van der Waals surface area contributed by atoms with Gasteiger partial charge >= 0.3 is 19.8 Å². The summed E-state index contributed by atoms with van der Waals surface area (Å²) in [6.07, 6.45) is -3.20. The number of benzene rings is 1. The lowest BCUT2D eigenvalue weighted by atomic mass is 9.87. The number of ether oxygens (including phenoxy) is 3. The number of carbonyl (C=O) groups excluding carboxylic acids is 3. The average molecular weight is 788 g/mol. The van der Waals surface area contributed by atoms with Gasteiger partial charge in [-0.1, -0.05) is 93.1 Å². The van der Waals surface area contributed by atoms with Crippen LogP contribution in [0.15, 0.2) is 42.7 Å². The molecule has 0 bridgehead atoms. The molecule has 0 radical (unpaired) electrons. The Balaban J connectivity index is 1.74. The van der Waals surface area contributed by atoms with Crippen LogP contribution in [0.2, 0.25) is 0 Å². The van der Waals surface area contributed by atoms with Crippen LogP contribution in [-0.4, -0.2) is 68.9 Å². The highest BCUT2D eigenvalue weighted by molar-refractivity contribution is 8.13. The van der Waals surface area contributed by atoms with Gasteiger partial charge in [-0.15, -0.1) is 0 Å². The Morgan fingerprint density at radius 2 is 1.63 bits per heavy atom. The molecule has 1 saturated heterocycles. The molecule has 0 amide bonds. The van der Waals surface area contributed by atoms with Crippen LogP contribution in [0.3, 0.4) is 0 Å². The number of rotatable bonds is 14. The normalized spacial score (nSPS) is 21.5. The molecule has 1 aliphatic heterocycles. The van der Waals surface area contributed by atoms with Crippen molar-refractivity contribution in [3.8, 4) is 11.8 Å². The maximum atomic E-state index is 14.4. The Hall–Kier alpha value is -4.00. The van der Waals surface area contributed by atoms with Crippen LogP contribution in [0.5, 0.6) is 5.75 Å². The van der Waals surface area contributed by atoms with Gasteiger partial charge in [0.1, 0.15) is 29.8 Å². The minimum absolute atomic E-state index is 0.0885. The van der Waals surface area contributed by atoms with Crippen molar-refractivity contribution >= 4 is 48.0 Å². The molecular weight excluding hydrogens is 737 g/mol. The Morgan fingerprint density at radius 3 is 2.20 bits per heavy atom. The number of hydrogen-bond acceptors (Lipinski definition) is 15. The first-order chi connectivity index (χ1) is 25.1. The number of hydrogen-bond donors (Lipinski definition) is 1. The molecule has 0 spiro atoms. The predicted octanol–water partition coefficient (Wildman–Crippen LogP) is 6.39. The zero-order valence-electron chi connectivity index (χ0n) is 32.4. The zero-order chi connectivity index (χ0) is 40.2. The predicted molar refractivity (Wildman–Crippen MR) is 201 cm³/mol. The van der Waals surface area contributed by atoms with E-state index in [-0.39, 0.29) is 40.2 Å². The van der Waals surface area contributed by atoms with Gasteiger partial charge in [-0.2, -0.15) is 10.4 Å². The molecule has 54 heavy (non-hydrogen) atoms. The highest BCUT2D eigenvalue weighted by Crippen LogP contribution is 2.52. The number of nitriles is 1. The van der Waals surface area contributed by atoms with E-state index in [1.165, 1.54) is 16.9 Å². The fourth-order valence-electron chi connectivity index (χ4n) is 5.23. The van der Waals surface area contributed by atoms with Gasteiger partial charge in [-0.25, -0.2) is 14.1 Å². The van der Waals surface area contributed by atoms with E-state index in [0.29, 0.717) is 5.52 Å². The molecule has 5 atom stereocenters. The van der Waals surface area contributed by atoms with Crippen molar-refractivity contribution in [3.05, 3.63) is 54.0 Å². The molecule has 0 unspecified atom stereocenters. The van der Waals surface area contributed by atoms with Crippen LogP contribution in [-0.2, 0) is 53.2 Å². The summed E-state index contributed by atoms with van der Waals surface area (Å²) in [5.41, 5.74) is 4.60. The summed E-state index contributed by atoms with van der Waals surface area (Å²) < 4.78 is 51.5. The quantitative estimate of drug-likeness (QED) is 0.107. The molecule has 15 nitrogen and oxygen atoms in total. The van der Waals surface area contributed by atoms with Crippen LogP contribution < -0.4 is 10.3 Å². The summed E-state index contributed by atoms with van der Waals surface area (Å²) >= 11 is 1.02. The van der Waals surface area contributed by atoms with Gasteiger partial charge in [0.15, 0.2) is 23.1 Å². The molecule has 2 N–H and O–H groups in total. The number of aromatic nitrogens is 3. The van der Waals surface area contributed by atoms with Crippen molar-refractivity contribution in [1.29, 1.82) is 5.26 Å². The first-order valence-corrected chi connectivity index (χ1v) is 20.0. The molecule has 0 saturated carbocycles. The lowest BCUT2D eigenvalue weighted by Crippen LogP contribution is -2.47. The topological polar surface area (TPSA) is 204 Å². The molecule has 1 aliphatic rings. The number of nitrogens with two attached hydrogens (primary N) is 1. The molecule has 3 heterocycles. The first-order valence-electron chi connectivity index (χ1n) is 17.6. The van der Waals surface area contributed by atoms with Crippen molar-refractivity contribution in [2.24, 2.45) is 17.3 Å². The zero-order valence-corrected chi connectivity index (χ0v) is 34.1. The van der Waals surface area contributed by atoms with E-state index < -0.39 is 67.5 Å². The number of phosphoric ester groups is 1. The Bertz CT molecular complexity index is 1910. The standard InChI is InChI=1S/C37H50N5O10PS/c1-22(2)32(43)49-29-27(51-37(20-38,30(29)50-33(44)23(3)4)28-16-15-26-31(39)40-21-41-42(26)28)19-48-53(46,47-17-18-54-34(45)36(8,9)10)52-25-13-11-24(12-14-25)35(5,6)7/h11-16,21-23,27,29-30H,17-19H2,1-10H3,(H2,39,40,41)/t27-,29-,30-,37+,53-/m1/s1. The molecule has 3 aromatic rings. The van der Waals surface area contributed by atoms with Gasteiger partial charge in [0, 0.05) is 11.2 Å². The second-order valence-electron chi connectivity index (χ2n) is 15.6. The van der Waals surface area contributed by atoms with Crippen LogP contribution in [0.25, 0.3) is 5.52 Å². The minimum atomic E-state index is -4.53. The summed E-state index contributed by atoms with van der Waals surface area (Å²) in [6.45, 7) is 17.1. The summed E-state index contributed by atoms with van der Waals surface area (Å²) in [4.78, 5) is 42.9. The Kier molecular flexibility index (Phi) is 13.3. The van der Waals surface area contributed by atoms with E-state index in [2.05, 4.69) is 16.2 Å². The van der Waals surface area contributed by atoms with Gasteiger partial charge in [-0.3, -0.25) is 23.4 Å². The monoisotopic (exact) mass is 787 g/mol. The fraction of sp³-hybridized carbons (Fsp3) is 0.568. The van der Waals surface area contributed by atoms with Gasteiger partial charge in [0.05, 0.1) is 30.7 Å². The molecule has 1 aromatic carbocycles. The number of anilines is 1. The number of esters is 2. The van der Waals surface area contributed by atoms with Crippen LogP contribution in [0.1, 0.15) is 80.5 Å². The van der Waals surface area contributed by atoms with Crippen molar-refractivity contribution in [2.75, 3.05) is 24.7 Å². The smallest absolute Gasteiger partial charge is 0.455 e. The first kappa shape index (κ1) is 42.7. The molecule has 4 rings (SSSR count). The SMILES string of the molecule is CC(C)C(=O)O[C@H]1[C@@H](OC(=O)C(C)C)[C@](C#N)(c2ccc3c(N)ncnn23)O[C@@H]1CO[P@@](=O)(OCCSC(=O)C(C)(C)C)Oc1ccc(C(C)(C)C)cc1. The van der Waals surface area contributed by atoms with Crippen LogP contribution in [0.4, 0.5) is 5.82 Å². The molecule has 1 fully saturated rings. The number of carbonyl (C=O) groups is 3. The van der Waals surface area contributed by atoms with Gasteiger partial charge in [-0.05, 0) is 35.2 Å². The summed E-state index contributed by atoms with van der Waals surface area (Å²) in [7, 11) is -4.53. The number of fused-ring (bicyclic) bond motifs is 1. The Labute approximate surface area is 320 Å². The van der Waals surface area contributed by atoms with Crippen molar-refractivity contribution < 1.29 is 46.7 Å². The van der Waals surface area contributed by atoms with E-state index in [9.17, 15) is 24.2 Å². The largest absolute Gasteiger partial charge is 0.530 e. The second-order valence-corrected chi connectivity index (χ2v) is 18.2. The molecular formula is C37H50N5O10PS. The highest BCUT2D eigenvalue weighted by atomic mass is 32.2. The molecule has 0 aliphatic carbocycles. The van der Waals surface area contributed by atoms with Gasteiger partial charge in [0.25, 0.3) is 0 Å². The third-order valence-corrected chi connectivity index (χ3v) is 11.0. The van der Waals surface area contributed by atoms with Gasteiger partial charge < -0.3 is 24.5 Å². The highest BCUT2D eigenvalue weighted by Gasteiger charge is 2.63. The summed E-state index contributed by atoms with van der Waals surface area (Å²) in [6, 6.07) is 12.1. The van der Waals surface area contributed by atoms with E-state index in [4.69, 9.17) is 33.5 Å². The minimum Gasteiger partial charge on any atom is -0.455 e. The number of nitrogen functional groups attached to an aromatic ring is 1. The van der Waals surface area contributed by atoms with Crippen LogP contribution in [0, 0.1) is 28.6 Å². The maximum absolute atomic E-state index is 14.4. The van der Waals surface area contributed by atoms with Crippen molar-refractivity contribution in [2.45, 2.75) is 98.6 Å². The van der Waals surface area contributed by atoms with E-state index in [0.717, 1.165) is 17.3 Å². The third-order valence-electron chi connectivity index (χ3n) is 8.38. The molecule has 2 aromatic heterocycles. The van der Waals surface area contributed by atoms with Crippen LogP contribution >= 0.6 is 19.6 Å². The number of nitrogens with zero attached hydrogens (tertiary/aromatic N) is 4. The van der Waals surface area contributed by atoms with E-state index >= 15 is 0 Å². The van der Waals surface area contributed by atoms with E-state index in [1.807, 2.05) is 32.9 Å². The Morgan fingerprint density at radius 1 is 1.00 bits per heavy atom. The number of thioether (sulfide) groups is 1. The second kappa shape index (κ2) is 16.8. The lowest BCUT2D eigenvalue weighted by Gasteiger charge is -2.29. The summed E-state index contributed by atoms with van der Waals surface area (Å²) in [5, 5.41) is 15.1. The third kappa shape index (κ3) is 9.80. The van der Waals surface area contributed by atoms with Crippen molar-refractivity contribution in [1.82, 2.24) is 14.6 Å². The summed E-state index contributed by atoms with van der Waals surface area (Å²) in [5.74, 6) is -2.25. The average Bonchev–Trinajstić information content (AvgIpc) is 3.65. The van der Waals surface area contributed by atoms with E-state index in [1.54, 1.807) is 66.7 Å². The molecule has 294 valence electrons. The molecule has 17 heteroatoms. The van der Waals surface area contributed by atoms with Crippen molar-refractivity contribution in [3.63, 3.8) is 0 Å².